The van der Waals surface area contributed by atoms with Crippen molar-refractivity contribution in [3.05, 3.63) is 21.4 Å². The lowest BCUT2D eigenvalue weighted by Crippen LogP contribution is -2.52. The monoisotopic (exact) mass is 304 g/mol. The van der Waals surface area contributed by atoms with Crippen LogP contribution >= 0.6 is 23.7 Å². The van der Waals surface area contributed by atoms with Crippen molar-refractivity contribution in [2.75, 3.05) is 6.54 Å². The van der Waals surface area contributed by atoms with Crippen molar-refractivity contribution in [2.45, 2.75) is 46.6 Å². The third kappa shape index (κ3) is 5.13. The molecule has 1 amide bonds. The molecule has 0 aliphatic heterocycles. The number of thiophene rings is 1. The standard InChI is InChI=1S/C14H24N2OS.ClH/c1-9(2)7-14(5,8-15)16-13(17)12-6-10(3)11(4)18-12;/h6,9H,7-8,15H2,1-5H3,(H,16,17);1H. The first-order chi connectivity index (χ1) is 8.27. The van der Waals surface area contributed by atoms with Gasteiger partial charge < -0.3 is 11.1 Å². The minimum Gasteiger partial charge on any atom is -0.345 e. The third-order valence-electron chi connectivity index (χ3n) is 3.11. The van der Waals surface area contributed by atoms with Crippen molar-refractivity contribution in [3.63, 3.8) is 0 Å². The highest BCUT2D eigenvalue weighted by molar-refractivity contribution is 7.14. The van der Waals surface area contributed by atoms with Crippen LogP contribution in [-0.2, 0) is 0 Å². The molecule has 1 rings (SSSR count). The van der Waals surface area contributed by atoms with E-state index in [2.05, 4.69) is 19.2 Å². The maximum absolute atomic E-state index is 12.2. The number of rotatable bonds is 5. The van der Waals surface area contributed by atoms with Gasteiger partial charge in [0, 0.05) is 11.4 Å². The highest BCUT2D eigenvalue weighted by Gasteiger charge is 2.26. The van der Waals surface area contributed by atoms with Gasteiger partial charge in [0.2, 0.25) is 0 Å². The van der Waals surface area contributed by atoms with Gasteiger partial charge in [0.15, 0.2) is 0 Å². The molecule has 0 saturated heterocycles. The van der Waals surface area contributed by atoms with Crippen LogP contribution < -0.4 is 11.1 Å². The summed E-state index contributed by atoms with van der Waals surface area (Å²) in [5, 5.41) is 3.08. The molecule has 1 heterocycles. The van der Waals surface area contributed by atoms with Crippen molar-refractivity contribution in [3.8, 4) is 0 Å². The Kier molecular flexibility index (Phi) is 7.05. The lowest BCUT2D eigenvalue weighted by molar-refractivity contribution is 0.0902. The third-order valence-corrected chi connectivity index (χ3v) is 4.27. The summed E-state index contributed by atoms with van der Waals surface area (Å²) in [5.74, 6) is 0.496. The predicted molar refractivity (Wildman–Crippen MR) is 85.4 cm³/mol. The first-order valence-electron chi connectivity index (χ1n) is 6.37. The molecule has 1 atom stereocenters. The van der Waals surface area contributed by atoms with Gasteiger partial charge in [0.1, 0.15) is 0 Å². The number of aryl methyl sites for hydroxylation is 2. The zero-order valence-electron chi connectivity index (χ0n) is 12.4. The second-order valence-electron chi connectivity index (χ2n) is 5.67. The Hall–Kier alpha value is -0.580. The van der Waals surface area contributed by atoms with Crippen LogP contribution in [0.1, 0.15) is 47.3 Å². The van der Waals surface area contributed by atoms with Gasteiger partial charge >= 0.3 is 0 Å². The summed E-state index contributed by atoms with van der Waals surface area (Å²) in [6.45, 7) is 10.8. The molecule has 0 bridgehead atoms. The Bertz CT molecular complexity index is 412. The van der Waals surface area contributed by atoms with Gasteiger partial charge in [-0.3, -0.25) is 4.79 Å². The Labute approximate surface area is 126 Å². The van der Waals surface area contributed by atoms with Crippen LogP contribution in [0.5, 0.6) is 0 Å². The van der Waals surface area contributed by atoms with E-state index in [0.717, 1.165) is 11.3 Å². The number of carbonyl (C=O) groups is 1. The normalized spacial score (nSPS) is 13.8. The molecule has 110 valence electrons. The second kappa shape index (κ2) is 7.27. The van der Waals surface area contributed by atoms with E-state index in [1.165, 1.54) is 21.8 Å². The number of halogens is 1. The highest BCUT2D eigenvalue weighted by atomic mass is 35.5. The summed E-state index contributed by atoms with van der Waals surface area (Å²) in [7, 11) is 0. The van der Waals surface area contributed by atoms with Crippen LogP contribution in [0.4, 0.5) is 0 Å². The topological polar surface area (TPSA) is 55.1 Å². The fourth-order valence-electron chi connectivity index (χ4n) is 2.11. The van der Waals surface area contributed by atoms with Gasteiger partial charge in [-0.05, 0) is 44.7 Å². The molecule has 0 aromatic carbocycles. The zero-order valence-corrected chi connectivity index (χ0v) is 14.0. The minimum atomic E-state index is -0.322. The number of hydrogen-bond acceptors (Lipinski definition) is 3. The summed E-state index contributed by atoms with van der Waals surface area (Å²) in [6, 6.07) is 1.95. The Morgan fingerprint density at radius 3 is 2.42 bits per heavy atom. The van der Waals surface area contributed by atoms with E-state index >= 15 is 0 Å². The molecule has 1 aromatic rings. The number of carbonyl (C=O) groups excluding carboxylic acids is 1. The first kappa shape index (κ1) is 18.4. The molecule has 0 aliphatic rings. The summed E-state index contributed by atoms with van der Waals surface area (Å²) in [5.41, 5.74) is 6.65. The lowest BCUT2D eigenvalue weighted by atomic mass is 9.90. The molecular weight excluding hydrogens is 280 g/mol. The largest absolute Gasteiger partial charge is 0.345 e. The van der Waals surface area contributed by atoms with E-state index in [1.807, 2.05) is 26.8 Å². The molecular formula is C14H25ClN2OS. The fraction of sp³-hybridized carbons (Fsp3) is 0.643. The van der Waals surface area contributed by atoms with Crippen LogP contribution in [0.15, 0.2) is 6.07 Å². The van der Waals surface area contributed by atoms with Gasteiger partial charge in [-0.15, -0.1) is 23.7 Å². The van der Waals surface area contributed by atoms with Gasteiger partial charge in [0.05, 0.1) is 10.4 Å². The molecule has 19 heavy (non-hydrogen) atoms. The number of amides is 1. The van der Waals surface area contributed by atoms with Crippen LogP contribution in [0.2, 0.25) is 0 Å². The highest BCUT2D eigenvalue weighted by Crippen LogP contribution is 2.22. The van der Waals surface area contributed by atoms with Crippen LogP contribution in [0.3, 0.4) is 0 Å². The first-order valence-corrected chi connectivity index (χ1v) is 7.18. The maximum atomic E-state index is 12.2. The van der Waals surface area contributed by atoms with E-state index in [-0.39, 0.29) is 23.9 Å². The summed E-state index contributed by atoms with van der Waals surface area (Å²) >= 11 is 1.54. The fourth-order valence-corrected chi connectivity index (χ4v) is 3.04. The molecule has 0 spiro atoms. The van der Waals surface area contributed by atoms with Gasteiger partial charge in [-0.25, -0.2) is 0 Å². The molecule has 0 aliphatic carbocycles. The van der Waals surface area contributed by atoms with Crippen LogP contribution in [-0.4, -0.2) is 18.0 Å². The van der Waals surface area contributed by atoms with E-state index in [4.69, 9.17) is 5.73 Å². The van der Waals surface area contributed by atoms with Gasteiger partial charge in [-0.1, -0.05) is 13.8 Å². The molecule has 0 saturated carbocycles. The summed E-state index contributed by atoms with van der Waals surface area (Å²) < 4.78 is 0. The minimum absolute atomic E-state index is 0. The molecule has 1 unspecified atom stereocenters. The molecule has 1 aromatic heterocycles. The van der Waals surface area contributed by atoms with Crippen molar-refractivity contribution < 1.29 is 4.79 Å². The molecule has 5 heteroatoms. The van der Waals surface area contributed by atoms with E-state index in [1.54, 1.807) is 0 Å². The Morgan fingerprint density at radius 1 is 1.47 bits per heavy atom. The van der Waals surface area contributed by atoms with Crippen LogP contribution in [0, 0.1) is 19.8 Å². The quantitative estimate of drug-likeness (QED) is 0.877. The van der Waals surface area contributed by atoms with E-state index < -0.39 is 0 Å². The molecule has 0 fully saturated rings. The summed E-state index contributed by atoms with van der Waals surface area (Å²) in [6.07, 6.45) is 0.887. The average Bonchev–Trinajstić information content (AvgIpc) is 2.58. The zero-order chi connectivity index (χ0) is 13.9. The molecule has 3 N–H and O–H groups in total. The maximum Gasteiger partial charge on any atom is 0.261 e. The predicted octanol–water partition coefficient (Wildman–Crippen LogP) is 3.28. The smallest absolute Gasteiger partial charge is 0.261 e. The van der Waals surface area contributed by atoms with Crippen molar-refractivity contribution in [1.29, 1.82) is 0 Å². The average molecular weight is 305 g/mol. The summed E-state index contributed by atoms with van der Waals surface area (Å²) in [4.78, 5) is 14.2. The van der Waals surface area contributed by atoms with E-state index in [0.29, 0.717) is 12.5 Å². The molecule has 0 radical (unpaired) electrons. The van der Waals surface area contributed by atoms with Crippen molar-refractivity contribution in [1.82, 2.24) is 5.32 Å². The SMILES string of the molecule is Cc1cc(C(=O)NC(C)(CN)CC(C)C)sc1C.Cl. The Morgan fingerprint density at radius 2 is 2.05 bits per heavy atom. The Balaban J connectivity index is 0.00000324. The number of hydrogen-bond donors (Lipinski definition) is 2. The lowest BCUT2D eigenvalue weighted by Gasteiger charge is -2.31. The number of nitrogens with one attached hydrogen (secondary N) is 1. The number of nitrogens with two attached hydrogens (primary N) is 1. The van der Waals surface area contributed by atoms with Crippen molar-refractivity contribution >= 4 is 29.7 Å². The molecule has 3 nitrogen and oxygen atoms in total. The van der Waals surface area contributed by atoms with Crippen molar-refractivity contribution in [2.24, 2.45) is 11.7 Å². The van der Waals surface area contributed by atoms with E-state index in [9.17, 15) is 4.79 Å². The second-order valence-corrected chi connectivity index (χ2v) is 6.92. The van der Waals surface area contributed by atoms with Gasteiger partial charge in [0.25, 0.3) is 5.91 Å². The van der Waals surface area contributed by atoms with Crippen LogP contribution in [0.25, 0.3) is 0 Å². The van der Waals surface area contributed by atoms with Gasteiger partial charge in [-0.2, -0.15) is 0 Å².